The summed E-state index contributed by atoms with van der Waals surface area (Å²) in [6.07, 6.45) is -8.78. The molecule has 3 amide bonds. The Labute approximate surface area is 216 Å². The summed E-state index contributed by atoms with van der Waals surface area (Å²) in [6, 6.07) is 4.16. The number of aliphatic hydroxyl groups is 3. The van der Waals surface area contributed by atoms with Crippen LogP contribution in [0.15, 0.2) is 30.3 Å². The van der Waals surface area contributed by atoms with E-state index in [1.165, 1.54) is 24.3 Å². The number of nitrogens with two attached hydrogens (primary N) is 1. The van der Waals surface area contributed by atoms with Gasteiger partial charge in [-0.1, -0.05) is 25.1 Å². The molecule has 0 aliphatic heterocycles. The summed E-state index contributed by atoms with van der Waals surface area (Å²) >= 11 is 0. The van der Waals surface area contributed by atoms with E-state index in [0.29, 0.717) is 0 Å². The Bertz CT molecular complexity index is 989. The molecule has 0 aromatic heterocycles. The first kappa shape index (κ1) is 32.1. The molecule has 3 unspecified atom stereocenters. The largest absolute Gasteiger partial charge is 0.481 e. The number of carboxylic acid groups (broad SMARTS) is 2. The number of carboxylic acids is 2. The quantitative estimate of drug-likeness (QED) is 0.0918. The van der Waals surface area contributed by atoms with Crippen LogP contribution in [0.1, 0.15) is 30.1 Å². The van der Waals surface area contributed by atoms with Crippen molar-refractivity contribution in [3.05, 3.63) is 35.9 Å². The second kappa shape index (κ2) is 15.4. The highest BCUT2D eigenvalue weighted by molar-refractivity contribution is 5.95. The lowest BCUT2D eigenvalue weighted by Gasteiger charge is -2.34. The summed E-state index contributed by atoms with van der Waals surface area (Å²) in [4.78, 5) is 71.5. The van der Waals surface area contributed by atoms with Gasteiger partial charge in [-0.2, -0.15) is 0 Å². The molecule has 15 nitrogen and oxygen atoms in total. The average molecular weight is 542 g/mol. The fraction of sp³-hybridized carbons (Fsp3) is 0.478. The van der Waals surface area contributed by atoms with E-state index < -0.39 is 91.5 Å². The van der Waals surface area contributed by atoms with Gasteiger partial charge >= 0.3 is 11.9 Å². The molecule has 0 bridgehead atoms. The molecule has 9 N–H and O–H groups in total. The van der Waals surface area contributed by atoms with E-state index in [0.717, 1.165) is 6.92 Å². The van der Waals surface area contributed by atoms with Crippen molar-refractivity contribution in [3.8, 4) is 0 Å². The number of aldehydes is 1. The Morgan fingerprint density at radius 2 is 1.66 bits per heavy atom. The molecule has 1 aromatic carbocycles. The van der Waals surface area contributed by atoms with E-state index in [-0.39, 0.29) is 11.8 Å². The van der Waals surface area contributed by atoms with Gasteiger partial charge in [-0.15, -0.1) is 0 Å². The van der Waals surface area contributed by atoms with Crippen molar-refractivity contribution < 1.29 is 59.0 Å². The molecule has 0 heterocycles. The van der Waals surface area contributed by atoms with Crippen molar-refractivity contribution in [2.75, 3.05) is 6.61 Å². The summed E-state index contributed by atoms with van der Waals surface area (Å²) in [5, 5.41) is 52.1. The van der Waals surface area contributed by atoms with Crippen molar-refractivity contribution >= 4 is 35.9 Å². The second-order valence-corrected chi connectivity index (χ2v) is 8.29. The van der Waals surface area contributed by atoms with E-state index in [4.69, 9.17) is 15.6 Å². The molecule has 0 aliphatic rings. The number of hydrogen-bond acceptors (Lipinski definition) is 10. The van der Waals surface area contributed by atoms with Crippen molar-refractivity contribution in [3.63, 3.8) is 0 Å². The highest BCUT2D eigenvalue weighted by Gasteiger charge is 2.41. The number of benzene rings is 1. The van der Waals surface area contributed by atoms with Gasteiger partial charge in [-0.05, 0) is 18.6 Å². The summed E-state index contributed by atoms with van der Waals surface area (Å²) < 4.78 is 5.47. The maximum Gasteiger partial charge on any atom is 0.326 e. The SMILES string of the molecule is CC(C(=O)NC(CCC(=O)O)C(=O)O)C(O[C@@H]([C@H](O)[C@H](O)CO)[C@H](C=O)NC(=O)c1ccccc1)C(N)=O. The van der Waals surface area contributed by atoms with Crippen LogP contribution in [0.3, 0.4) is 0 Å². The minimum atomic E-state index is -2.08. The van der Waals surface area contributed by atoms with Crippen LogP contribution in [0.5, 0.6) is 0 Å². The molecule has 0 aliphatic carbocycles. The van der Waals surface area contributed by atoms with E-state index >= 15 is 0 Å². The molecule has 38 heavy (non-hydrogen) atoms. The van der Waals surface area contributed by atoms with Crippen LogP contribution in [0.25, 0.3) is 0 Å². The first-order valence-electron chi connectivity index (χ1n) is 11.3. The number of primary amides is 1. The van der Waals surface area contributed by atoms with Gasteiger partial charge in [0.1, 0.15) is 42.8 Å². The molecule has 7 atom stereocenters. The van der Waals surface area contributed by atoms with Crippen LogP contribution in [0.4, 0.5) is 0 Å². The van der Waals surface area contributed by atoms with Crippen LogP contribution >= 0.6 is 0 Å². The zero-order chi connectivity index (χ0) is 29.0. The second-order valence-electron chi connectivity index (χ2n) is 8.29. The van der Waals surface area contributed by atoms with Crippen LogP contribution < -0.4 is 16.4 Å². The Hall–Kier alpha value is -3.92. The predicted octanol–water partition coefficient (Wildman–Crippen LogP) is -2.99. The lowest BCUT2D eigenvalue weighted by Crippen LogP contribution is -2.58. The Morgan fingerprint density at radius 1 is 1.05 bits per heavy atom. The lowest BCUT2D eigenvalue weighted by molar-refractivity contribution is -0.166. The van der Waals surface area contributed by atoms with Crippen molar-refractivity contribution in [2.45, 2.75) is 56.3 Å². The number of rotatable bonds is 17. The van der Waals surface area contributed by atoms with Crippen molar-refractivity contribution in [2.24, 2.45) is 11.7 Å². The van der Waals surface area contributed by atoms with Crippen LogP contribution in [0, 0.1) is 5.92 Å². The molecule has 1 aromatic rings. The zero-order valence-electron chi connectivity index (χ0n) is 20.3. The van der Waals surface area contributed by atoms with E-state index in [9.17, 15) is 49.2 Å². The third-order valence-corrected chi connectivity index (χ3v) is 5.47. The number of aliphatic carboxylic acids is 2. The molecule has 15 heteroatoms. The molecule has 1 rings (SSSR count). The smallest absolute Gasteiger partial charge is 0.326 e. The third kappa shape index (κ3) is 9.51. The van der Waals surface area contributed by atoms with Gasteiger partial charge in [0.05, 0.1) is 12.5 Å². The van der Waals surface area contributed by atoms with Crippen LogP contribution in [0.2, 0.25) is 0 Å². The normalized spacial score (nSPS) is 16.5. The van der Waals surface area contributed by atoms with Gasteiger partial charge in [0.2, 0.25) is 11.8 Å². The van der Waals surface area contributed by atoms with Gasteiger partial charge in [-0.3, -0.25) is 19.2 Å². The summed E-state index contributed by atoms with van der Waals surface area (Å²) in [5.41, 5.74) is 5.46. The van der Waals surface area contributed by atoms with Gasteiger partial charge < -0.3 is 51.4 Å². The fourth-order valence-corrected chi connectivity index (χ4v) is 3.29. The number of aliphatic hydroxyl groups excluding tert-OH is 3. The zero-order valence-corrected chi connectivity index (χ0v) is 20.3. The molecule has 210 valence electrons. The van der Waals surface area contributed by atoms with Crippen LogP contribution in [-0.4, -0.2) is 105 Å². The maximum absolute atomic E-state index is 12.7. The van der Waals surface area contributed by atoms with E-state index in [1.54, 1.807) is 6.07 Å². The molecule has 0 fully saturated rings. The minimum absolute atomic E-state index is 0.107. The number of carbonyl (C=O) groups excluding carboxylic acids is 4. The number of nitrogens with one attached hydrogen (secondary N) is 2. The maximum atomic E-state index is 12.7. The number of carbonyl (C=O) groups is 6. The molecule has 0 saturated heterocycles. The molecular weight excluding hydrogens is 510 g/mol. The molecular formula is C23H31N3O12. The molecule has 0 spiro atoms. The number of ether oxygens (including phenoxy) is 1. The first-order valence-corrected chi connectivity index (χ1v) is 11.3. The fourth-order valence-electron chi connectivity index (χ4n) is 3.29. The Kier molecular flexibility index (Phi) is 13.0. The summed E-state index contributed by atoms with van der Waals surface area (Å²) in [5.74, 6) is -7.61. The summed E-state index contributed by atoms with van der Waals surface area (Å²) in [7, 11) is 0. The predicted molar refractivity (Wildman–Crippen MR) is 126 cm³/mol. The van der Waals surface area contributed by atoms with E-state index in [1.807, 2.05) is 0 Å². The standard InChI is InChI=1S/C23H31N3O12/c1-11(21(34)25-13(23(36)37)7-8-16(30)31)18(20(24)33)38-19(17(32)15(29)10-28)14(9-27)26-22(35)12-5-3-2-4-6-12/h2-6,9,11,13-15,17-19,28-29,32H,7-8,10H2,1H3,(H2,24,33)(H,25,34)(H,26,35)(H,30,31)(H,36,37)/t11?,13?,14-,15+,17+,18?,19+/m0/s1. The van der Waals surface area contributed by atoms with Gasteiger partial charge in [-0.25, -0.2) is 4.79 Å². The Morgan fingerprint density at radius 3 is 2.13 bits per heavy atom. The highest BCUT2D eigenvalue weighted by atomic mass is 16.5. The Balaban J connectivity index is 3.22. The van der Waals surface area contributed by atoms with Gasteiger partial charge in [0.15, 0.2) is 0 Å². The molecule has 0 saturated carbocycles. The van der Waals surface area contributed by atoms with Gasteiger partial charge in [0.25, 0.3) is 5.91 Å². The number of amides is 3. The third-order valence-electron chi connectivity index (χ3n) is 5.47. The lowest BCUT2D eigenvalue weighted by atomic mass is 9.98. The minimum Gasteiger partial charge on any atom is -0.481 e. The monoisotopic (exact) mass is 541 g/mol. The first-order chi connectivity index (χ1) is 17.8. The van der Waals surface area contributed by atoms with Gasteiger partial charge in [0, 0.05) is 12.0 Å². The van der Waals surface area contributed by atoms with Crippen LogP contribution in [-0.2, 0) is 28.7 Å². The average Bonchev–Trinajstić information content (AvgIpc) is 2.88. The van der Waals surface area contributed by atoms with E-state index in [2.05, 4.69) is 10.6 Å². The molecule has 0 radical (unpaired) electrons. The topological polar surface area (TPSA) is 263 Å². The highest BCUT2D eigenvalue weighted by Crippen LogP contribution is 2.18. The van der Waals surface area contributed by atoms with Crippen molar-refractivity contribution in [1.29, 1.82) is 0 Å². The van der Waals surface area contributed by atoms with Crippen molar-refractivity contribution in [1.82, 2.24) is 10.6 Å². The number of hydrogen-bond donors (Lipinski definition) is 8. The summed E-state index contributed by atoms with van der Waals surface area (Å²) in [6.45, 7) is 0.0889.